The number of carbonyl (C=O) groups is 2. The second-order valence-electron chi connectivity index (χ2n) is 16.9. The van der Waals surface area contributed by atoms with Crippen LogP contribution < -0.4 is 22.5 Å². The summed E-state index contributed by atoms with van der Waals surface area (Å²) in [4.78, 5) is 89.7. The Kier molecular flexibility index (Phi) is 17.9. The first-order valence-electron chi connectivity index (χ1n) is 21.6. The van der Waals surface area contributed by atoms with Gasteiger partial charge in [-0.05, 0) is 23.6 Å². The van der Waals surface area contributed by atoms with E-state index in [0.717, 1.165) is 10.9 Å². The molecule has 0 aliphatic carbocycles. The van der Waals surface area contributed by atoms with Crippen molar-refractivity contribution in [2.75, 3.05) is 37.0 Å². The van der Waals surface area contributed by atoms with E-state index in [1.165, 1.54) is 56.9 Å². The molecule has 3 aliphatic heterocycles. The Morgan fingerprint density at radius 2 is 1.74 bits per heavy atom. The van der Waals surface area contributed by atoms with Crippen molar-refractivity contribution in [1.82, 2.24) is 34.4 Å². The molecule has 392 valence electrons. The van der Waals surface area contributed by atoms with Crippen molar-refractivity contribution in [1.29, 1.82) is 0 Å². The number of carbonyl (C=O) groups excluding carboxylic acids is 2. The molecule has 3 aliphatic rings. The Bertz CT molecular complexity index is 2760. The van der Waals surface area contributed by atoms with Gasteiger partial charge in [-0.15, -0.1) is 0 Å². The lowest BCUT2D eigenvalue weighted by atomic mass is 10.1. The lowest BCUT2D eigenvalue weighted by Gasteiger charge is -2.29. The molecule has 0 bridgehead atoms. The molecule has 72 heavy (non-hydrogen) atoms. The maximum Gasteiger partial charge on any atom is 0.472 e. The van der Waals surface area contributed by atoms with Gasteiger partial charge in [-0.2, -0.15) is 4.98 Å². The van der Waals surface area contributed by atoms with Crippen LogP contribution in [0.3, 0.4) is 0 Å². The molecule has 3 fully saturated rings. The van der Waals surface area contributed by atoms with Gasteiger partial charge in [-0.1, -0.05) is 71.7 Å². The number of nitrogens with two attached hydrogens (primary N) is 2. The molecule has 7 rings (SSSR count). The number of benzene rings is 1. The van der Waals surface area contributed by atoms with E-state index in [9.17, 15) is 43.3 Å². The van der Waals surface area contributed by atoms with Crippen LogP contribution in [-0.4, -0.2) is 140 Å². The smallest absolute Gasteiger partial charge is 0.455 e. The zero-order valence-corrected chi connectivity index (χ0v) is 41.7. The van der Waals surface area contributed by atoms with E-state index in [2.05, 4.69) is 35.3 Å². The average molecular weight is 1090 g/mol. The predicted molar refractivity (Wildman–Crippen MR) is 251 cm³/mol. The number of aromatic nitrogens is 6. The second-order valence-corrected chi connectivity index (χ2v) is 22.7. The highest BCUT2D eigenvalue weighted by molar-refractivity contribution is 8.77. The van der Waals surface area contributed by atoms with E-state index in [-0.39, 0.29) is 46.5 Å². The molecule has 6 heterocycles. The van der Waals surface area contributed by atoms with Crippen LogP contribution in [0, 0.1) is 0 Å². The van der Waals surface area contributed by atoms with Crippen LogP contribution in [0.25, 0.3) is 21.6 Å². The number of anilines is 2. The van der Waals surface area contributed by atoms with E-state index in [0.29, 0.717) is 24.1 Å². The van der Waals surface area contributed by atoms with Crippen LogP contribution in [0.1, 0.15) is 51.6 Å². The summed E-state index contributed by atoms with van der Waals surface area (Å²) < 4.78 is 78.7. The van der Waals surface area contributed by atoms with Crippen LogP contribution in [0.15, 0.2) is 59.1 Å². The Balaban J connectivity index is 1.14. The Labute approximate surface area is 415 Å². The quantitative estimate of drug-likeness (QED) is 0.0157. The highest BCUT2D eigenvalue weighted by atomic mass is 33.1. The van der Waals surface area contributed by atoms with Crippen LogP contribution in [-0.2, 0) is 62.5 Å². The molecule has 1 aromatic carbocycles. The van der Waals surface area contributed by atoms with Crippen molar-refractivity contribution in [2.24, 2.45) is 5.11 Å². The minimum atomic E-state index is -5.46. The van der Waals surface area contributed by atoms with Crippen LogP contribution in [0.5, 0.6) is 0 Å². The van der Waals surface area contributed by atoms with Crippen LogP contribution >= 0.6 is 37.2 Å². The number of nitrogens with one attached hydrogen (secondary N) is 1. The first-order chi connectivity index (χ1) is 34.1. The molecule has 4 aromatic rings. The third kappa shape index (κ3) is 14.4. The molecule has 9 N–H and O–H groups in total. The van der Waals surface area contributed by atoms with Crippen molar-refractivity contribution in [2.45, 2.75) is 106 Å². The molecule has 1 amide bonds. The predicted octanol–water partition coefficient (Wildman–Crippen LogP) is 2.87. The van der Waals surface area contributed by atoms with Gasteiger partial charge in [-0.3, -0.25) is 22.7 Å². The number of imidazole rings is 1. The lowest BCUT2D eigenvalue weighted by Crippen LogP contribution is -2.48. The third-order valence-corrected chi connectivity index (χ3v) is 15.3. The normalized spacial score (nSPS) is 25.7. The number of hydrogen-bond acceptors (Lipinski definition) is 24. The number of aliphatic hydroxyl groups is 1. The highest BCUT2D eigenvalue weighted by Gasteiger charge is 2.54. The fourth-order valence-electron chi connectivity index (χ4n) is 7.30. The number of phosphoric acid groups is 2. The summed E-state index contributed by atoms with van der Waals surface area (Å²) in [6.45, 7) is 3.85. The number of azide groups is 1. The molecule has 3 unspecified atom stereocenters. The summed E-state index contributed by atoms with van der Waals surface area (Å²) in [6, 6.07) is 5.97. The molecule has 0 spiro atoms. The number of phosphoric ester groups is 2. The van der Waals surface area contributed by atoms with Crippen molar-refractivity contribution in [3.8, 4) is 0 Å². The van der Waals surface area contributed by atoms with Gasteiger partial charge < -0.3 is 65.0 Å². The molecule has 30 nitrogen and oxygen atoms in total. The monoisotopic (exact) mass is 1090 g/mol. The van der Waals surface area contributed by atoms with Gasteiger partial charge in [0.15, 0.2) is 36.3 Å². The standard InChI is InChI=1S/C38H50N12O18P2S2/c1-38(2,3)72-71-16-21(45-37(54)61-13-19-6-8-20(9-7-19)47-48-41)35(52)67-28-22(64-33(27(28)51)50-18-44-26-31(40)42-17-43-32(26)50)15-63-70(58,59)68-29-23(14-62-69(55,56)57)65-34(30(29)66-25-5-4-12-60-25)49-11-10-24(39)46-36(49)53/h6-11,17-18,21-23,25,27-30,33-34,51H,4-5,12-16H2,1-3H3,(H,45,54)(H,58,59)(H2,39,46,53)(H2,40,42,43)(H2,55,56,57)/t21?,22-,23-,25?,27-,28-,29-,30-,33-,34-/m1/s1. The first-order valence-corrected chi connectivity index (χ1v) is 26.9. The van der Waals surface area contributed by atoms with Crippen molar-refractivity contribution >= 4 is 77.8 Å². The molecule has 3 saturated heterocycles. The zero-order chi connectivity index (χ0) is 52.0. The summed E-state index contributed by atoms with van der Waals surface area (Å²) >= 11 is 0. The number of rotatable bonds is 21. The fourth-order valence-corrected chi connectivity index (χ4v) is 11.1. The zero-order valence-electron chi connectivity index (χ0n) is 38.2. The first kappa shape index (κ1) is 54.8. The number of nitrogen functional groups attached to an aromatic ring is 2. The van der Waals surface area contributed by atoms with Gasteiger partial charge in [0, 0.05) is 40.3 Å². The SMILES string of the molecule is CC(C)(C)SSCC(NC(=O)OCc1ccc(N=[N+]=[N-])cc1)C(=O)O[C@H]1[C@@H](O)[C@H](n2cnc3c(N)ncnc32)O[C@@H]1COP(=O)(O)O[C@H]1[C@@H](OC2CCCO2)[C@H](n2ccc(N)nc2=O)O[C@@H]1COP(=O)(O)O. The Hall–Kier alpha value is -4.98. The summed E-state index contributed by atoms with van der Waals surface area (Å²) in [5, 5.41) is 17.9. The average Bonchev–Trinajstić information content (AvgIpc) is 4.11. The number of esters is 1. The highest BCUT2D eigenvalue weighted by Crippen LogP contribution is 2.51. The number of amides is 1. The maximum atomic E-state index is 14.2. The maximum absolute atomic E-state index is 14.2. The number of ether oxygens (including phenoxy) is 6. The minimum Gasteiger partial charge on any atom is -0.455 e. The lowest BCUT2D eigenvalue weighted by molar-refractivity contribution is -0.181. The van der Waals surface area contributed by atoms with Crippen LogP contribution in [0.4, 0.5) is 22.1 Å². The fraction of sp³-hybridized carbons (Fsp3) is 0.553. The van der Waals surface area contributed by atoms with E-state index >= 15 is 0 Å². The van der Waals surface area contributed by atoms with E-state index in [1.54, 1.807) is 12.1 Å². The molecule has 11 atom stereocenters. The molecular weight excluding hydrogens is 1040 g/mol. The van der Waals surface area contributed by atoms with E-state index in [1.807, 2.05) is 20.8 Å². The van der Waals surface area contributed by atoms with Gasteiger partial charge in [0.2, 0.25) is 0 Å². The number of alkyl carbamates (subject to hydrolysis) is 1. The number of nitrogens with zero attached hydrogens (tertiary/aromatic N) is 9. The van der Waals surface area contributed by atoms with Gasteiger partial charge in [0.1, 0.15) is 60.8 Å². The molecule has 0 radical (unpaired) electrons. The largest absolute Gasteiger partial charge is 0.472 e. The van der Waals surface area contributed by atoms with Gasteiger partial charge in [-0.25, -0.2) is 38.5 Å². The van der Waals surface area contributed by atoms with Crippen molar-refractivity contribution < 1.29 is 80.5 Å². The van der Waals surface area contributed by atoms with E-state index < -0.39 is 108 Å². The number of aliphatic hydroxyl groups excluding tert-OH is 1. The van der Waals surface area contributed by atoms with Gasteiger partial charge >= 0.3 is 33.4 Å². The van der Waals surface area contributed by atoms with E-state index in [4.69, 9.17) is 59.0 Å². The van der Waals surface area contributed by atoms with Crippen molar-refractivity contribution in [3.05, 3.63) is 75.7 Å². The molecule has 3 aromatic heterocycles. The van der Waals surface area contributed by atoms with Crippen LogP contribution in [0.2, 0.25) is 0 Å². The summed E-state index contributed by atoms with van der Waals surface area (Å²) in [5.74, 6) is -1.36. The molecule has 0 saturated carbocycles. The topological polar surface area (TPSA) is 424 Å². The third-order valence-electron chi connectivity index (χ3n) is 10.5. The molecule has 34 heteroatoms. The minimum absolute atomic E-state index is 0.0222. The van der Waals surface area contributed by atoms with Crippen molar-refractivity contribution in [3.63, 3.8) is 0 Å². The second kappa shape index (κ2) is 23.5. The van der Waals surface area contributed by atoms with Gasteiger partial charge in [0.25, 0.3) is 0 Å². The summed E-state index contributed by atoms with van der Waals surface area (Å²) in [5.41, 5.74) is 20.5. The number of hydrogen-bond donors (Lipinski definition) is 7. The number of fused-ring (bicyclic) bond motifs is 1. The Morgan fingerprint density at radius 3 is 2.42 bits per heavy atom. The summed E-state index contributed by atoms with van der Waals surface area (Å²) in [6.07, 6.45) is -10.8. The Morgan fingerprint density at radius 1 is 1.01 bits per heavy atom. The molecular formula is C38H50N12O18P2S2. The van der Waals surface area contributed by atoms with Gasteiger partial charge in [0.05, 0.1) is 19.5 Å². The summed E-state index contributed by atoms with van der Waals surface area (Å²) in [7, 11) is -8.06.